The van der Waals surface area contributed by atoms with Gasteiger partial charge in [-0.15, -0.1) is 0 Å². The van der Waals surface area contributed by atoms with Gasteiger partial charge >= 0.3 is 0 Å². The Morgan fingerprint density at radius 2 is 2.10 bits per heavy atom. The Morgan fingerprint density at radius 1 is 1.33 bits per heavy atom. The minimum absolute atomic E-state index is 0.306. The standard InChI is InChI=1S/C17H23BrClNO/c1-2-20-15-11-16(17(15)8-4-3-5-9-17)21-14-7-6-12(18)10-13(14)19/h6-7,10,15-16,20H,2-5,8-9,11H2,1H3. The van der Waals surface area contributed by atoms with Gasteiger partial charge in [0.2, 0.25) is 0 Å². The lowest BCUT2D eigenvalue weighted by molar-refractivity contribution is -0.102. The molecule has 21 heavy (non-hydrogen) atoms. The summed E-state index contributed by atoms with van der Waals surface area (Å²) in [7, 11) is 0. The monoisotopic (exact) mass is 371 g/mol. The van der Waals surface area contributed by atoms with Crippen molar-refractivity contribution in [1.29, 1.82) is 0 Å². The van der Waals surface area contributed by atoms with Gasteiger partial charge in [0.05, 0.1) is 5.02 Å². The van der Waals surface area contributed by atoms with E-state index in [4.69, 9.17) is 16.3 Å². The molecule has 2 unspecified atom stereocenters. The number of halogens is 2. The van der Waals surface area contributed by atoms with E-state index in [0.29, 0.717) is 22.6 Å². The third kappa shape index (κ3) is 2.97. The summed E-state index contributed by atoms with van der Waals surface area (Å²) < 4.78 is 7.31. The Balaban J connectivity index is 1.75. The van der Waals surface area contributed by atoms with Gasteiger partial charge in [-0.1, -0.05) is 53.7 Å². The van der Waals surface area contributed by atoms with Crippen LogP contribution in [0.25, 0.3) is 0 Å². The molecule has 0 radical (unpaired) electrons. The second-order valence-electron chi connectivity index (χ2n) is 6.32. The lowest BCUT2D eigenvalue weighted by atomic mass is 9.55. The van der Waals surface area contributed by atoms with E-state index in [1.54, 1.807) is 0 Å². The number of rotatable bonds is 4. The Labute approximate surface area is 140 Å². The maximum absolute atomic E-state index is 6.31. The van der Waals surface area contributed by atoms with Gasteiger partial charge in [-0.3, -0.25) is 0 Å². The first-order chi connectivity index (χ1) is 10.2. The third-order valence-electron chi connectivity index (χ3n) is 5.18. The molecule has 0 heterocycles. The number of ether oxygens (including phenoxy) is 1. The molecule has 2 fully saturated rings. The largest absolute Gasteiger partial charge is 0.488 e. The fraction of sp³-hybridized carbons (Fsp3) is 0.647. The molecule has 0 aliphatic heterocycles. The summed E-state index contributed by atoms with van der Waals surface area (Å²) in [5.74, 6) is 0.824. The summed E-state index contributed by atoms with van der Waals surface area (Å²) >= 11 is 9.75. The van der Waals surface area contributed by atoms with E-state index in [1.807, 2.05) is 18.2 Å². The van der Waals surface area contributed by atoms with Crippen LogP contribution in [0.4, 0.5) is 0 Å². The van der Waals surface area contributed by atoms with Crippen LogP contribution >= 0.6 is 27.5 Å². The number of benzene rings is 1. The molecule has 1 spiro atoms. The Bertz CT molecular complexity index is 502. The lowest BCUT2D eigenvalue weighted by Crippen LogP contribution is -2.65. The van der Waals surface area contributed by atoms with Gasteiger partial charge in [-0.2, -0.15) is 0 Å². The molecule has 4 heteroatoms. The molecule has 0 bridgehead atoms. The van der Waals surface area contributed by atoms with Crippen molar-refractivity contribution < 1.29 is 4.74 Å². The quantitative estimate of drug-likeness (QED) is 0.786. The molecule has 116 valence electrons. The van der Waals surface area contributed by atoms with Crippen molar-refractivity contribution in [3.8, 4) is 5.75 Å². The van der Waals surface area contributed by atoms with Crippen molar-refractivity contribution in [3.05, 3.63) is 27.7 Å². The average molecular weight is 373 g/mol. The minimum Gasteiger partial charge on any atom is -0.488 e. The topological polar surface area (TPSA) is 21.3 Å². The average Bonchev–Trinajstić information content (AvgIpc) is 2.49. The van der Waals surface area contributed by atoms with Gasteiger partial charge in [-0.05, 0) is 37.6 Å². The number of hydrogen-bond donors (Lipinski definition) is 1. The smallest absolute Gasteiger partial charge is 0.138 e. The molecule has 2 saturated carbocycles. The van der Waals surface area contributed by atoms with Crippen LogP contribution in [-0.2, 0) is 0 Å². The first kappa shape index (κ1) is 15.6. The molecule has 2 nitrogen and oxygen atoms in total. The van der Waals surface area contributed by atoms with Crippen LogP contribution in [0.15, 0.2) is 22.7 Å². The second-order valence-corrected chi connectivity index (χ2v) is 7.64. The van der Waals surface area contributed by atoms with Crippen molar-refractivity contribution in [1.82, 2.24) is 5.32 Å². The summed E-state index contributed by atoms with van der Waals surface area (Å²) in [6, 6.07) is 6.49. The molecule has 2 atom stereocenters. The van der Waals surface area contributed by atoms with E-state index < -0.39 is 0 Å². The van der Waals surface area contributed by atoms with Crippen LogP contribution in [0.5, 0.6) is 5.75 Å². The molecule has 2 aliphatic carbocycles. The summed E-state index contributed by atoms with van der Waals surface area (Å²) in [5, 5.41) is 4.36. The highest BCUT2D eigenvalue weighted by atomic mass is 79.9. The van der Waals surface area contributed by atoms with Crippen molar-refractivity contribution in [2.45, 2.75) is 57.6 Å². The van der Waals surface area contributed by atoms with Gasteiger partial charge in [0.25, 0.3) is 0 Å². The molecule has 1 aromatic rings. The Hall–Kier alpha value is -0.250. The van der Waals surface area contributed by atoms with Crippen LogP contribution in [0, 0.1) is 5.41 Å². The predicted molar refractivity (Wildman–Crippen MR) is 91.2 cm³/mol. The van der Waals surface area contributed by atoms with Crippen molar-refractivity contribution in [2.24, 2.45) is 5.41 Å². The molecule has 1 aromatic carbocycles. The maximum atomic E-state index is 6.31. The summed E-state index contributed by atoms with van der Waals surface area (Å²) in [4.78, 5) is 0. The zero-order chi connectivity index (χ0) is 14.9. The Morgan fingerprint density at radius 3 is 2.76 bits per heavy atom. The molecule has 3 rings (SSSR count). The highest BCUT2D eigenvalue weighted by Crippen LogP contribution is 2.53. The molecule has 0 saturated heterocycles. The second kappa shape index (κ2) is 6.47. The predicted octanol–water partition coefficient (Wildman–Crippen LogP) is 5.18. The molecular formula is C17H23BrClNO. The third-order valence-corrected chi connectivity index (χ3v) is 5.97. The molecule has 0 aromatic heterocycles. The zero-order valence-electron chi connectivity index (χ0n) is 12.5. The number of nitrogens with one attached hydrogen (secondary N) is 1. The van der Waals surface area contributed by atoms with Gasteiger partial charge in [0.1, 0.15) is 11.9 Å². The van der Waals surface area contributed by atoms with Crippen LogP contribution in [0.1, 0.15) is 45.4 Å². The first-order valence-electron chi connectivity index (χ1n) is 8.01. The van der Waals surface area contributed by atoms with Gasteiger partial charge in [0.15, 0.2) is 0 Å². The van der Waals surface area contributed by atoms with E-state index in [2.05, 4.69) is 28.2 Å². The van der Waals surface area contributed by atoms with Crippen molar-refractivity contribution >= 4 is 27.5 Å². The summed E-state index contributed by atoms with van der Waals surface area (Å²) in [5.41, 5.74) is 0.324. The normalized spacial score (nSPS) is 27.4. The summed E-state index contributed by atoms with van der Waals surface area (Å²) in [6.45, 7) is 3.23. The first-order valence-corrected chi connectivity index (χ1v) is 9.18. The van der Waals surface area contributed by atoms with E-state index >= 15 is 0 Å². The Kier molecular flexibility index (Phi) is 4.82. The molecule has 0 amide bonds. The fourth-order valence-corrected chi connectivity index (χ4v) is 4.77. The van der Waals surface area contributed by atoms with Gasteiger partial charge in [0, 0.05) is 22.4 Å². The van der Waals surface area contributed by atoms with Crippen molar-refractivity contribution in [3.63, 3.8) is 0 Å². The zero-order valence-corrected chi connectivity index (χ0v) is 14.8. The summed E-state index contributed by atoms with van der Waals surface area (Å²) in [6.07, 6.45) is 7.99. The SMILES string of the molecule is CCNC1CC(Oc2ccc(Br)cc2Cl)C12CCCCC2. The molecule has 1 N–H and O–H groups in total. The van der Waals surface area contributed by atoms with E-state index in [1.165, 1.54) is 32.1 Å². The lowest BCUT2D eigenvalue weighted by Gasteiger charge is -2.57. The number of hydrogen-bond acceptors (Lipinski definition) is 2. The van der Waals surface area contributed by atoms with Crippen LogP contribution in [0.2, 0.25) is 5.02 Å². The molecular weight excluding hydrogens is 350 g/mol. The fourth-order valence-electron chi connectivity index (χ4n) is 4.05. The highest BCUT2D eigenvalue weighted by Gasteiger charge is 2.56. The van der Waals surface area contributed by atoms with E-state index in [9.17, 15) is 0 Å². The van der Waals surface area contributed by atoms with E-state index in [0.717, 1.165) is 23.2 Å². The van der Waals surface area contributed by atoms with Gasteiger partial charge in [-0.25, -0.2) is 0 Å². The highest BCUT2D eigenvalue weighted by molar-refractivity contribution is 9.10. The maximum Gasteiger partial charge on any atom is 0.138 e. The minimum atomic E-state index is 0.306. The van der Waals surface area contributed by atoms with Crippen LogP contribution in [-0.4, -0.2) is 18.7 Å². The molecule has 2 aliphatic rings. The van der Waals surface area contributed by atoms with E-state index in [-0.39, 0.29) is 0 Å². The van der Waals surface area contributed by atoms with Gasteiger partial charge < -0.3 is 10.1 Å². The van der Waals surface area contributed by atoms with Crippen LogP contribution in [0.3, 0.4) is 0 Å². The van der Waals surface area contributed by atoms with Crippen LogP contribution < -0.4 is 10.1 Å². The van der Waals surface area contributed by atoms with Crippen molar-refractivity contribution in [2.75, 3.05) is 6.54 Å².